The van der Waals surface area contributed by atoms with Crippen molar-refractivity contribution >= 4 is 29.1 Å². The summed E-state index contributed by atoms with van der Waals surface area (Å²) in [5.41, 5.74) is 1.01. The van der Waals surface area contributed by atoms with Gasteiger partial charge in [0.2, 0.25) is 5.91 Å². The summed E-state index contributed by atoms with van der Waals surface area (Å²) in [6.45, 7) is 4.85. The Balaban J connectivity index is 1.63. The highest BCUT2D eigenvalue weighted by atomic mass is 35.5. The molecule has 0 aliphatic carbocycles. The van der Waals surface area contributed by atoms with E-state index >= 15 is 0 Å². The highest BCUT2D eigenvalue weighted by Gasteiger charge is 2.23. The molecule has 2 aromatic rings. The number of amides is 2. The van der Waals surface area contributed by atoms with Crippen LogP contribution in [-0.4, -0.2) is 46.7 Å². The molecule has 0 unspecified atom stereocenters. The zero-order valence-electron chi connectivity index (χ0n) is 15.0. The van der Waals surface area contributed by atoms with Crippen LogP contribution in [0.5, 0.6) is 5.75 Å². The normalized spacial score (nSPS) is 14.7. The van der Waals surface area contributed by atoms with Crippen LogP contribution in [0.2, 0.25) is 5.02 Å². The number of methoxy groups -OCH3 is 1. The summed E-state index contributed by atoms with van der Waals surface area (Å²) in [5.74, 6) is 0.185. The molecular weight excluding hydrogens is 368 g/mol. The van der Waals surface area contributed by atoms with Crippen LogP contribution in [0.1, 0.15) is 29.2 Å². The lowest BCUT2D eigenvalue weighted by Crippen LogP contribution is -2.38. The number of nitrogens with one attached hydrogen (secondary N) is 1. The van der Waals surface area contributed by atoms with Gasteiger partial charge in [-0.25, -0.2) is 0 Å². The third-order valence-electron chi connectivity index (χ3n) is 4.55. The average Bonchev–Trinajstić information content (AvgIpc) is 3.15. The first kappa shape index (κ1) is 19.0. The summed E-state index contributed by atoms with van der Waals surface area (Å²) in [4.78, 5) is 25.9. The van der Waals surface area contributed by atoms with Crippen LogP contribution in [0.4, 0.5) is 5.69 Å². The van der Waals surface area contributed by atoms with Crippen molar-refractivity contribution in [2.75, 3.05) is 25.5 Å². The van der Waals surface area contributed by atoms with Gasteiger partial charge in [-0.15, -0.1) is 0 Å². The number of likely N-dealkylation sites (tertiary alicyclic amines) is 1. The van der Waals surface area contributed by atoms with Crippen molar-refractivity contribution in [2.24, 2.45) is 0 Å². The number of carbonyl (C=O) groups is 2. The molecule has 1 aliphatic heterocycles. The van der Waals surface area contributed by atoms with Crippen molar-refractivity contribution in [1.82, 2.24) is 14.7 Å². The zero-order chi connectivity index (χ0) is 19.4. The van der Waals surface area contributed by atoms with Gasteiger partial charge in [0, 0.05) is 29.9 Å². The maximum atomic E-state index is 12.5. The maximum Gasteiger partial charge on any atom is 0.255 e. The highest BCUT2D eigenvalue weighted by molar-refractivity contribution is 6.31. The van der Waals surface area contributed by atoms with E-state index in [2.05, 4.69) is 17.0 Å². The van der Waals surface area contributed by atoms with Crippen LogP contribution in [0.3, 0.4) is 0 Å². The monoisotopic (exact) mass is 388 g/mol. The number of benzene rings is 1. The van der Waals surface area contributed by atoms with Crippen molar-refractivity contribution in [2.45, 2.75) is 18.9 Å². The highest BCUT2D eigenvalue weighted by Crippen LogP contribution is 2.24. The van der Waals surface area contributed by atoms with E-state index in [1.165, 1.54) is 13.2 Å². The predicted molar refractivity (Wildman–Crippen MR) is 103 cm³/mol. The van der Waals surface area contributed by atoms with Gasteiger partial charge in [0.1, 0.15) is 5.75 Å². The third-order valence-corrected chi connectivity index (χ3v) is 4.77. The van der Waals surface area contributed by atoms with Crippen molar-refractivity contribution in [1.29, 1.82) is 0 Å². The fourth-order valence-electron chi connectivity index (χ4n) is 3.10. The molecule has 1 aromatic carbocycles. The first-order valence-electron chi connectivity index (χ1n) is 8.61. The minimum absolute atomic E-state index is 0.0428. The van der Waals surface area contributed by atoms with E-state index in [1.54, 1.807) is 35.5 Å². The number of hydrogen-bond donors (Lipinski definition) is 1. The van der Waals surface area contributed by atoms with Gasteiger partial charge in [-0.2, -0.15) is 5.10 Å². The lowest BCUT2D eigenvalue weighted by Gasteiger charge is -2.31. The summed E-state index contributed by atoms with van der Waals surface area (Å²) in [6.07, 6.45) is 6.36. The molecule has 7 nitrogen and oxygen atoms in total. The van der Waals surface area contributed by atoms with E-state index in [0.717, 1.165) is 12.8 Å². The minimum Gasteiger partial charge on any atom is -0.497 e. The first-order valence-corrected chi connectivity index (χ1v) is 8.99. The molecule has 1 aromatic heterocycles. The molecule has 0 bridgehead atoms. The Hall–Kier alpha value is -2.80. The molecule has 1 aliphatic rings. The SMILES string of the molecule is C=CC(=O)N1CCC(n2cc(NC(=O)c3cc(Cl)cc(OC)c3)cn2)CC1. The molecule has 0 atom stereocenters. The van der Waals surface area contributed by atoms with Crippen LogP contribution >= 0.6 is 11.6 Å². The number of hydrogen-bond acceptors (Lipinski definition) is 4. The van der Waals surface area contributed by atoms with Crippen molar-refractivity contribution in [3.8, 4) is 5.75 Å². The molecule has 27 heavy (non-hydrogen) atoms. The standard InChI is InChI=1S/C19H21ClN4O3/c1-3-18(25)23-6-4-16(5-7-23)24-12-15(11-21-24)22-19(26)13-8-14(20)10-17(9-13)27-2/h3,8-12,16H,1,4-7H2,2H3,(H,22,26). The van der Waals surface area contributed by atoms with Crippen LogP contribution in [0, 0.1) is 0 Å². The van der Waals surface area contributed by atoms with E-state index < -0.39 is 0 Å². The first-order chi connectivity index (χ1) is 13.0. The van der Waals surface area contributed by atoms with Gasteiger partial charge in [-0.05, 0) is 37.1 Å². The lowest BCUT2D eigenvalue weighted by atomic mass is 10.1. The number of halogens is 1. The molecule has 0 saturated carbocycles. The Labute approximate surface area is 162 Å². The molecule has 2 heterocycles. The fourth-order valence-corrected chi connectivity index (χ4v) is 3.32. The summed E-state index contributed by atoms with van der Waals surface area (Å²) >= 11 is 6.02. The number of nitrogens with zero attached hydrogens (tertiary/aromatic N) is 3. The summed E-state index contributed by atoms with van der Waals surface area (Å²) in [7, 11) is 1.52. The van der Waals surface area contributed by atoms with Crippen molar-refractivity contribution in [3.63, 3.8) is 0 Å². The Kier molecular flexibility index (Phi) is 5.81. The lowest BCUT2D eigenvalue weighted by molar-refractivity contribution is -0.127. The van der Waals surface area contributed by atoms with Gasteiger partial charge in [0.25, 0.3) is 5.91 Å². The predicted octanol–water partition coefficient (Wildman–Crippen LogP) is 3.15. The number of piperidine rings is 1. The van der Waals surface area contributed by atoms with Crippen molar-refractivity contribution < 1.29 is 14.3 Å². The Morgan fingerprint density at radius 3 is 2.74 bits per heavy atom. The van der Waals surface area contributed by atoms with Gasteiger partial charge in [0.15, 0.2) is 0 Å². The number of aromatic nitrogens is 2. The molecule has 3 rings (SSSR count). The van der Waals surface area contributed by atoms with Crippen LogP contribution in [0.25, 0.3) is 0 Å². The van der Waals surface area contributed by atoms with E-state index in [0.29, 0.717) is 35.1 Å². The number of anilines is 1. The quantitative estimate of drug-likeness (QED) is 0.798. The van der Waals surface area contributed by atoms with Gasteiger partial charge in [-0.3, -0.25) is 14.3 Å². The maximum absolute atomic E-state index is 12.5. The third kappa shape index (κ3) is 4.49. The Morgan fingerprint density at radius 1 is 1.33 bits per heavy atom. The second-order valence-electron chi connectivity index (χ2n) is 6.30. The molecule has 8 heteroatoms. The summed E-state index contributed by atoms with van der Waals surface area (Å²) in [6, 6.07) is 5.03. The summed E-state index contributed by atoms with van der Waals surface area (Å²) < 4.78 is 6.98. The number of rotatable bonds is 5. The van der Waals surface area contributed by atoms with Crippen LogP contribution in [0.15, 0.2) is 43.2 Å². The van der Waals surface area contributed by atoms with Gasteiger partial charge >= 0.3 is 0 Å². The molecule has 1 N–H and O–H groups in total. The summed E-state index contributed by atoms with van der Waals surface area (Å²) in [5, 5.41) is 7.60. The smallest absolute Gasteiger partial charge is 0.255 e. The second kappa shape index (κ2) is 8.26. The van der Waals surface area contributed by atoms with E-state index in [-0.39, 0.29) is 17.9 Å². The minimum atomic E-state index is -0.290. The van der Waals surface area contributed by atoms with Gasteiger partial charge in [-0.1, -0.05) is 18.2 Å². The molecule has 0 spiro atoms. The number of ether oxygens (including phenoxy) is 1. The largest absolute Gasteiger partial charge is 0.497 e. The van der Waals surface area contributed by atoms with Crippen LogP contribution in [-0.2, 0) is 4.79 Å². The molecular formula is C19H21ClN4O3. The molecule has 1 fully saturated rings. The van der Waals surface area contributed by atoms with Gasteiger partial charge < -0.3 is 15.0 Å². The molecule has 1 saturated heterocycles. The fraction of sp³-hybridized carbons (Fsp3) is 0.316. The number of carbonyl (C=O) groups excluding carboxylic acids is 2. The van der Waals surface area contributed by atoms with Crippen LogP contribution < -0.4 is 10.1 Å². The molecule has 0 radical (unpaired) electrons. The average molecular weight is 389 g/mol. The van der Waals surface area contributed by atoms with E-state index in [9.17, 15) is 9.59 Å². The molecule has 2 amide bonds. The van der Waals surface area contributed by atoms with E-state index in [1.807, 2.05) is 4.68 Å². The van der Waals surface area contributed by atoms with E-state index in [4.69, 9.17) is 16.3 Å². The Bertz CT molecular complexity index is 856. The van der Waals surface area contributed by atoms with Gasteiger partial charge in [0.05, 0.1) is 25.0 Å². The Morgan fingerprint density at radius 2 is 2.07 bits per heavy atom. The second-order valence-corrected chi connectivity index (χ2v) is 6.74. The zero-order valence-corrected chi connectivity index (χ0v) is 15.8. The topological polar surface area (TPSA) is 76.5 Å². The van der Waals surface area contributed by atoms with Crippen molar-refractivity contribution in [3.05, 3.63) is 53.8 Å². The molecule has 142 valence electrons.